The molecule has 0 heterocycles. The minimum atomic E-state index is 0.0384. The molecule has 94 valence electrons. The molecule has 18 heavy (non-hydrogen) atoms. The quantitative estimate of drug-likeness (QED) is 0.885. The second kappa shape index (κ2) is 5.74. The summed E-state index contributed by atoms with van der Waals surface area (Å²) < 4.78 is 6.56. The van der Waals surface area contributed by atoms with Gasteiger partial charge in [0.2, 0.25) is 0 Å². The van der Waals surface area contributed by atoms with E-state index in [0.29, 0.717) is 10.8 Å². The molecule has 1 N–H and O–H groups in total. The molecule has 2 rings (SSSR count). The second-order valence-corrected chi connectivity index (χ2v) is 5.21. The molecule has 0 aliphatic carbocycles. The van der Waals surface area contributed by atoms with Gasteiger partial charge in [0.15, 0.2) is 0 Å². The molecule has 0 bridgehead atoms. The molecular weight excluding hydrogens is 316 g/mol. The van der Waals surface area contributed by atoms with Crippen LogP contribution in [0.2, 0.25) is 5.02 Å². The van der Waals surface area contributed by atoms with Gasteiger partial charge in [0.05, 0.1) is 11.1 Å². The maximum atomic E-state index is 9.11. The number of aliphatic hydroxyl groups is 1. The third kappa shape index (κ3) is 3.05. The van der Waals surface area contributed by atoms with Crippen LogP contribution in [0.3, 0.4) is 0 Å². The molecule has 0 amide bonds. The predicted octanol–water partition coefficient (Wildman–Crippen LogP) is 4.70. The highest BCUT2D eigenvalue weighted by Crippen LogP contribution is 2.32. The van der Waals surface area contributed by atoms with Crippen molar-refractivity contribution in [3.8, 4) is 11.5 Å². The van der Waals surface area contributed by atoms with E-state index in [1.54, 1.807) is 12.1 Å². The summed E-state index contributed by atoms with van der Waals surface area (Å²) in [5, 5.41) is 9.76. The van der Waals surface area contributed by atoms with Crippen LogP contribution >= 0.6 is 27.5 Å². The van der Waals surface area contributed by atoms with Crippen LogP contribution < -0.4 is 4.74 Å². The lowest BCUT2D eigenvalue weighted by Gasteiger charge is -2.10. The summed E-state index contributed by atoms with van der Waals surface area (Å²) in [6.45, 7) is 1.98. The maximum absolute atomic E-state index is 9.11. The van der Waals surface area contributed by atoms with Crippen molar-refractivity contribution in [2.24, 2.45) is 0 Å². The van der Waals surface area contributed by atoms with E-state index in [1.807, 2.05) is 31.2 Å². The average molecular weight is 328 g/mol. The summed E-state index contributed by atoms with van der Waals surface area (Å²) in [7, 11) is 0. The van der Waals surface area contributed by atoms with Gasteiger partial charge in [0, 0.05) is 5.02 Å². The zero-order valence-corrected chi connectivity index (χ0v) is 12.1. The van der Waals surface area contributed by atoms with E-state index in [9.17, 15) is 0 Å². The van der Waals surface area contributed by atoms with E-state index >= 15 is 0 Å². The van der Waals surface area contributed by atoms with Crippen molar-refractivity contribution in [2.75, 3.05) is 0 Å². The van der Waals surface area contributed by atoms with Crippen molar-refractivity contribution in [1.82, 2.24) is 0 Å². The number of rotatable bonds is 3. The van der Waals surface area contributed by atoms with E-state index in [4.69, 9.17) is 21.4 Å². The molecule has 0 aliphatic heterocycles. The Morgan fingerprint density at radius 2 is 2.00 bits per heavy atom. The summed E-state index contributed by atoms with van der Waals surface area (Å²) >= 11 is 9.27. The minimum absolute atomic E-state index is 0.0384. The number of aryl methyl sites for hydroxylation is 1. The Bertz CT molecular complexity index is 570. The van der Waals surface area contributed by atoms with E-state index in [2.05, 4.69) is 15.9 Å². The monoisotopic (exact) mass is 326 g/mol. The van der Waals surface area contributed by atoms with Gasteiger partial charge in [-0.05, 0) is 64.3 Å². The normalized spacial score (nSPS) is 10.4. The lowest BCUT2D eigenvalue weighted by Crippen LogP contribution is -1.91. The highest BCUT2D eigenvalue weighted by Gasteiger charge is 2.05. The Morgan fingerprint density at radius 1 is 1.22 bits per heavy atom. The van der Waals surface area contributed by atoms with Gasteiger partial charge < -0.3 is 9.84 Å². The van der Waals surface area contributed by atoms with E-state index in [1.165, 1.54) is 0 Å². The fourth-order valence-corrected chi connectivity index (χ4v) is 2.36. The van der Waals surface area contributed by atoms with Gasteiger partial charge in [-0.15, -0.1) is 0 Å². The van der Waals surface area contributed by atoms with Crippen LogP contribution in [-0.4, -0.2) is 5.11 Å². The topological polar surface area (TPSA) is 29.5 Å². The predicted molar refractivity (Wildman–Crippen MR) is 76.3 cm³/mol. The largest absolute Gasteiger partial charge is 0.456 e. The maximum Gasteiger partial charge on any atom is 0.141 e. The van der Waals surface area contributed by atoms with Crippen molar-refractivity contribution in [1.29, 1.82) is 0 Å². The lowest BCUT2D eigenvalue weighted by atomic mass is 10.1. The van der Waals surface area contributed by atoms with Crippen LogP contribution in [0.1, 0.15) is 11.1 Å². The van der Waals surface area contributed by atoms with Crippen LogP contribution in [-0.2, 0) is 6.61 Å². The number of benzene rings is 2. The molecule has 0 saturated heterocycles. The average Bonchev–Trinajstić information content (AvgIpc) is 2.33. The molecule has 4 heteroatoms. The molecular formula is C14H12BrClO2. The van der Waals surface area contributed by atoms with Crippen LogP contribution in [0.15, 0.2) is 40.9 Å². The Hall–Kier alpha value is -1.03. The molecule has 2 nitrogen and oxygen atoms in total. The van der Waals surface area contributed by atoms with E-state index in [0.717, 1.165) is 21.3 Å². The van der Waals surface area contributed by atoms with Crippen LogP contribution in [0.4, 0.5) is 0 Å². The Kier molecular flexibility index (Phi) is 4.27. The Morgan fingerprint density at radius 3 is 2.61 bits per heavy atom. The number of ether oxygens (including phenoxy) is 1. The first-order valence-electron chi connectivity index (χ1n) is 5.43. The van der Waals surface area contributed by atoms with Gasteiger partial charge in [0.1, 0.15) is 11.5 Å². The van der Waals surface area contributed by atoms with Crippen molar-refractivity contribution >= 4 is 27.5 Å². The molecule has 2 aromatic carbocycles. The van der Waals surface area contributed by atoms with Crippen LogP contribution in [0.5, 0.6) is 11.5 Å². The van der Waals surface area contributed by atoms with Gasteiger partial charge in [-0.1, -0.05) is 17.7 Å². The van der Waals surface area contributed by atoms with E-state index in [-0.39, 0.29) is 6.61 Å². The van der Waals surface area contributed by atoms with Gasteiger partial charge in [-0.2, -0.15) is 0 Å². The molecule has 0 fully saturated rings. The summed E-state index contributed by atoms with van der Waals surface area (Å²) in [4.78, 5) is 0. The zero-order valence-electron chi connectivity index (χ0n) is 9.78. The molecule has 0 atom stereocenters. The zero-order chi connectivity index (χ0) is 13.1. The highest BCUT2D eigenvalue weighted by molar-refractivity contribution is 9.10. The molecule has 0 spiro atoms. The first-order chi connectivity index (χ1) is 8.60. The summed E-state index contributed by atoms with van der Waals surface area (Å²) in [6.07, 6.45) is 0. The van der Waals surface area contributed by atoms with Crippen molar-refractivity contribution in [3.05, 3.63) is 57.0 Å². The second-order valence-electron chi connectivity index (χ2n) is 3.92. The smallest absolute Gasteiger partial charge is 0.141 e. The third-order valence-electron chi connectivity index (χ3n) is 2.61. The molecule has 0 aliphatic rings. The van der Waals surface area contributed by atoms with E-state index < -0.39 is 0 Å². The van der Waals surface area contributed by atoms with Gasteiger partial charge in [0.25, 0.3) is 0 Å². The molecule has 2 aromatic rings. The summed E-state index contributed by atoms with van der Waals surface area (Å²) in [5.74, 6) is 1.43. The van der Waals surface area contributed by atoms with Crippen molar-refractivity contribution < 1.29 is 9.84 Å². The number of hydrogen-bond donors (Lipinski definition) is 1. The van der Waals surface area contributed by atoms with Gasteiger partial charge in [-0.3, -0.25) is 0 Å². The fourth-order valence-electron chi connectivity index (χ4n) is 1.59. The standard InChI is InChI=1S/C14H12BrClO2/c1-9-6-12(4-2-10(9)8-17)18-14-5-3-11(16)7-13(14)15/h2-7,17H,8H2,1H3. The molecule has 0 saturated carbocycles. The number of halogens is 2. The molecule has 0 aromatic heterocycles. The number of aliphatic hydroxyl groups excluding tert-OH is 1. The summed E-state index contributed by atoms with van der Waals surface area (Å²) in [6, 6.07) is 10.9. The van der Waals surface area contributed by atoms with Crippen molar-refractivity contribution in [3.63, 3.8) is 0 Å². The van der Waals surface area contributed by atoms with Gasteiger partial charge in [-0.25, -0.2) is 0 Å². The Balaban J connectivity index is 2.26. The third-order valence-corrected chi connectivity index (χ3v) is 3.46. The number of hydrogen-bond acceptors (Lipinski definition) is 2. The first kappa shape index (κ1) is 13.4. The summed E-state index contributed by atoms with van der Waals surface area (Å²) in [5.41, 5.74) is 1.90. The Labute approximate surface area is 119 Å². The highest BCUT2D eigenvalue weighted by atomic mass is 79.9. The minimum Gasteiger partial charge on any atom is -0.456 e. The van der Waals surface area contributed by atoms with Gasteiger partial charge >= 0.3 is 0 Å². The molecule has 0 unspecified atom stereocenters. The van der Waals surface area contributed by atoms with Crippen LogP contribution in [0, 0.1) is 6.92 Å². The van der Waals surface area contributed by atoms with Crippen LogP contribution in [0.25, 0.3) is 0 Å². The fraction of sp³-hybridized carbons (Fsp3) is 0.143. The SMILES string of the molecule is Cc1cc(Oc2ccc(Cl)cc2Br)ccc1CO. The van der Waals surface area contributed by atoms with Crippen molar-refractivity contribution in [2.45, 2.75) is 13.5 Å². The molecule has 0 radical (unpaired) electrons. The lowest BCUT2D eigenvalue weighted by molar-refractivity contribution is 0.281. The first-order valence-corrected chi connectivity index (χ1v) is 6.60.